The van der Waals surface area contributed by atoms with Crippen LogP contribution in [0.2, 0.25) is 0 Å². The Hall–Kier alpha value is -1.59. The Balaban J connectivity index is -0.00000684. The smallest absolute Gasteiger partial charge is 0.790 e. The zero-order valence-electron chi connectivity index (χ0n) is 23.6. The second-order valence-electron chi connectivity index (χ2n) is 7.78. The summed E-state index contributed by atoms with van der Waals surface area (Å²) >= 11 is 0. The zero-order chi connectivity index (χ0) is 28.3. The molecule has 0 N–H and O–H groups in total. The number of hydrogen-bond donors (Lipinski definition) is 0. The quantitative estimate of drug-likeness (QED) is 0.0427. The van der Waals surface area contributed by atoms with Gasteiger partial charge in [-0.15, -0.1) is 6.42 Å². The molecule has 40 heavy (non-hydrogen) atoms. The number of esters is 2. The molecule has 11 heteroatoms. The molecular weight excluding hydrogens is 553 g/mol. The van der Waals surface area contributed by atoms with Gasteiger partial charge >= 0.3 is 71.1 Å². The fourth-order valence-electron chi connectivity index (χ4n) is 2.83. The van der Waals surface area contributed by atoms with Crippen molar-refractivity contribution >= 4 is 19.8 Å². The van der Waals surface area contributed by atoms with Gasteiger partial charge in [-0.25, -0.2) is 4.79 Å². The minimum atomic E-state index is -5.31. The van der Waals surface area contributed by atoms with Crippen molar-refractivity contribution in [2.75, 3.05) is 13.2 Å². The summed E-state index contributed by atoms with van der Waals surface area (Å²) in [5.74, 6) is 23.5. The van der Waals surface area contributed by atoms with Gasteiger partial charge in [-0.1, -0.05) is 64.7 Å². The Morgan fingerprint density at radius 1 is 0.750 bits per heavy atom. The summed E-state index contributed by atoms with van der Waals surface area (Å²) in [6, 6.07) is 0. The molecule has 0 aliphatic rings. The van der Waals surface area contributed by atoms with E-state index in [1.54, 1.807) is 0 Å². The fourth-order valence-corrected chi connectivity index (χ4v) is 3.18. The maximum absolute atomic E-state index is 12.1. The average Bonchev–Trinajstić information content (AvgIpc) is 2.87. The van der Waals surface area contributed by atoms with Crippen molar-refractivity contribution in [2.24, 2.45) is 0 Å². The topological polar surface area (TPSA) is 125 Å². The van der Waals surface area contributed by atoms with Gasteiger partial charge in [0.2, 0.25) is 0 Å². The van der Waals surface area contributed by atoms with Crippen molar-refractivity contribution in [1.82, 2.24) is 0 Å². The molecule has 0 aromatic rings. The third-order valence-electron chi connectivity index (χ3n) is 4.59. The Morgan fingerprint density at radius 3 is 1.73 bits per heavy atom. The van der Waals surface area contributed by atoms with Crippen molar-refractivity contribution in [3.63, 3.8) is 0 Å². The molecular formula is C29H31Na2O8P. The van der Waals surface area contributed by atoms with Crippen molar-refractivity contribution in [3.05, 3.63) is 0 Å². The summed E-state index contributed by atoms with van der Waals surface area (Å²) in [4.78, 5) is 45.4. The molecule has 0 saturated heterocycles. The molecule has 0 aromatic carbocycles. The maximum atomic E-state index is 12.1. The van der Waals surface area contributed by atoms with Crippen molar-refractivity contribution < 1.29 is 97.1 Å². The molecule has 0 radical (unpaired) electrons. The molecule has 0 saturated carbocycles. The van der Waals surface area contributed by atoms with E-state index in [2.05, 4.69) is 76.6 Å². The number of rotatable bonds is 17. The van der Waals surface area contributed by atoms with E-state index in [0.717, 1.165) is 19.3 Å². The molecule has 0 rings (SSSR count). The first-order chi connectivity index (χ1) is 18.3. The first kappa shape index (κ1) is 42.9. The summed E-state index contributed by atoms with van der Waals surface area (Å²) in [5.41, 5.74) is 0. The zero-order valence-corrected chi connectivity index (χ0v) is 28.5. The van der Waals surface area contributed by atoms with Crippen LogP contribution in [0.1, 0.15) is 77.6 Å². The van der Waals surface area contributed by atoms with Crippen LogP contribution in [-0.4, -0.2) is 31.3 Å². The second-order valence-corrected chi connectivity index (χ2v) is 8.93. The van der Waals surface area contributed by atoms with Crippen LogP contribution in [-0.2, 0) is 28.2 Å². The summed E-state index contributed by atoms with van der Waals surface area (Å²) in [6.07, 6.45) is 14.7. The van der Waals surface area contributed by atoms with Crippen LogP contribution in [0.3, 0.4) is 0 Å². The molecule has 0 heterocycles. The van der Waals surface area contributed by atoms with E-state index in [1.165, 1.54) is 38.5 Å². The first-order valence-corrected chi connectivity index (χ1v) is 13.7. The van der Waals surface area contributed by atoms with Crippen molar-refractivity contribution in [1.29, 1.82) is 0 Å². The predicted molar refractivity (Wildman–Crippen MR) is 139 cm³/mol. The van der Waals surface area contributed by atoms with E-state index in [0.29, 0.717) is 6.42 Å². The van der Waals surface area contributed by atoms with Gasteiger partial charge in [0.15, 0.2) is 6.10 Å². The molecule has 0 aliphatic heterocycles. The third-order valence-corrected chi connectivity index (χ3v) is 5.05. The number of unbranched alkanes of at least 4 members (excludes halogenated alkanes) is 9. The number of phosphoric acid groups is 1. The van der Waals surface area contributed by atoms with Gasteiger partial charge in [0.1, 0.15) is 6.61 Å². The Kier molecular flexibility index (Phi) is 32.6. The number of hydrogen-bond acceptors (Lipinski definition) is 8. The molecule has 0 spiro atoms. The van der Waals surface area contributed by atoms with Crippen LogP contribution in [0.25, 0.3) is 0 Å². The third kappa shape index (κ3) is 32.6. The van der Waals surface area contributed by atoms with Crippen LogP contribution in [0.4, 0.5) is 0 Å². The SMILES string of the molecule is C#CC#CC#CC#CC#CC#CC(=O)OC[C@@H](COP(=O)([O-])[O-])OC(=O)CCCCCCCCCCCC.[Na+].[Na+]. The largest absolute Gasteiger partial charge is 1.00 e. The average molecular weight is 585 g/mol. The van der Waals surface area contributed by atoms with Gasteiger partial charge in [-0.3, -0.25) is 4.79 Å². The van der Waals surface area contributed by atoms with Gasteiger partial charge in [0.25, 0.3) is 0 Å². The van der Waals surface area contributed by atoms with Crippen LogP contribution in [0.5, 0.6) is 0 Å². The number of carbonyl (C=O) groups excluding carboxylic acids is 2. The Morgan fingerprint density at radius 2 is 1.23 bits per heavy atom. The summed E-state index contributed by atoms with van der Waals surface area (Å²) in [5, 5.41) is 0. The summed E-state index contributed by atoms with van der Waals surface area (Å²) in [6.45, 7) is 0.847. The Labute approximate surface area is 283 Å². The molecule has 0 unspecified atom stereocenters. The normalized spacial score (nSPS) is 9.55. The minimum absolute atomic E-state index is 0. The van der Waals surface area contributed by atoms with E-state index < -0.39 is 39.1 Å². The van der Waals surface area contributed by atoms with Crippen molar-refractivity contribution in [2.45, 2.75) is 83.7 Å². The minimum Gasteiger partial charge on any atom is -0.790 e. The molecule has 0 fully saturated rings. The monoisotopic (exact) mass is 584 g/mol. The standard InChI is InChI=1S/C29H33O8P.2Na/c1-3-5-7-9-11-13-15-17-19-21-23-28(30)35-25-27(26-36-38(32,33)34)37-29(31)24-22-20-18-16-14-12-10-8-6-4-2;;/h1,27H,4,6,8,10,12,14,16,18,20,22,24-26H2,2H3,(H2,32,33,34);;/q;2*+1/p-2/t27-;;/m0../s1. The maximum Gasteiger partial charge on any atom is 1.00 e. The molecule has 0 aromatic heterocycles. The Bertz CT molecular complexity index is 1150. The van der Waals surface area contributed by atoms with E-state index in [4.69, 9.17) is 15.9 Å². The summed E-state index contributed by atoms with van der Waals surface area (Å²) < 4.78 is 24.9. The van der Waals surface area contributed by atoms with E-state index in [9.17, 15) is 23.9 Å². The van der Waals surface area contributed by atoms with Gasteiger partial charge in [-0.05, 0) is 65.6 Å². The molecule has 0 bridgehead atoms. The molecule has 1 atom stereocenters. The van der Waals surface area contributed by atoms with Gasteiger partial charge in [0.05, 0.1) is 14.4 Å². The molecule has 0 aliphatic carbocycles. The van der Waals surface area contributed by atoms with Gasteiger partial charge in [0, 0.05) is 12.3 Å². The molecule has 202 valence electrons. The van der Waals surface area contributed by atoms with Crippen molar-refractivity contribution in [3.8, 4) is 71.5 Å². The number of carbonyl (C=O) groups is 2. The predicted octanol–water partition coefficient (Wildman–Crippen LogP) is -3.74. The molecule has 0 amide bonds. The fraction of sp³-hybridized carbons (Fsp3) is 0.517. The van der Waals surface area contributed by atoms with E-state index >= 15 is 0 Å². The van der Waals surface area contributed by atoms with Crippen LogP contribution < -0.4 is 68.9 Å². The van der Waals surface area contributed by atoms with Gasteiger partial charge in [-0.2, -0.15) is 0 Å². The number of ether oxygens (including phenoxy) is 2. The first-order valence-electron chi connectivity index (χ1n) is 12.3. The second kappa shape index (κ2) is 30.4. The van der Waals surface area contributed by atoms with Crippen LogP contribution in [0, 0.1) is 71.5 Å². The van der Waals surface area contributed by atoms with Crippen LogP contribution >= 0.6 is 7.82 Å². The van der Waals surface area contributed by atoms with Gasteiger partial charge < -0.3 is 28.3 Å². The van der Waals surface area contributed by atoms with E-state index in [-0.39, 0.29) is 65.5 Å². The number of phosphoric ester groups is 1. The number of terminal acetylenes is 1. The van der Waals surface area contributed by atoms with Crippen LogP contribution in [0.15, 0.2) is 0 Å². The summed E-state index contributed by atoms with van der Waals surface area (Å²) in [7, 11) is -5.31. The van der Waals surface area contributed by atoms with E-state index in [1.807, 2.05) is 0 Å². The molecule has 8 nitrogen and oxygen atoms in total.